The number of ether oxygens (including phenoxy) is 1. The predicted octanol–water partition coefficient (Wildman–Crippen LogP) is 4.81. The standard InChI is InChI=1S/C30H27F3N4O6S/c1-35(43-3)28(38)23-17-20(42-2)13-14-24(23)37-26-22(27(34-37)30(31,32)33)15-16-36(29(26)39)19-11-9-18(10-12-19)21-7-5-6-8-25(21)44(4,40)41/h5-14,17H,15-16H2,1-4H3. The largest absolute Gasteiger partial charge is 0.497 e. The number of anilines is 1. The Bertz CT molecular complexity index is 1870. The molecule has 0 atom stereocenters. The van der Waals surface area contributed by atoms with Crippen molar-refractivity contribution in [2.75, 3.05) is 39.0 Å². The smallest absolute Gasteiger partial charge is 0.435 e. The number of benzene rings is 3. The molecule has 0 saturated carbocycles. The predicted molar refractivity (Wildman–Crippen MR) is 155 cm³/mol. The molecule has 1 aromatic heterocycles. The first-order chi connectivity index (χ1) is 20.8. The number of rotatable bonds is 7. The number of halogens is 3. The normalized spacial score (nSPS) is 13.5. The fourth-order valence-corrected chi connectivity index (χ4v) is 6.02. The van der Waals surface area contributed by atoms with Crippen LogP contribution in [0, 0.1) is 0 Å². The van der Waals surface area contributed by atoms with Crippen LogP contribution in [0.2, 0.25) is 0 Å². The molecule has 0 fully saturated rings. The molecule has 1 aliphatic rings. The monoisotopic (exact) mass is 628 g/mol. The van der Waals surface area contributed by atoms with E-state index in [9.17, 15) is 31.2 Å². The van der Waals surface area contributed by atoms with Crippen molar-refractivity contribution in [1.82, 2.24) is 14.8 Å². The molecule has 0 aliphatic carbocycles. The number of alkyl halides is 3. The van der Waals surface area contributed by atoms with Crippen LogP contribution in [-0.4, -0.2) is 69.1 Å². The van der Waals surface area contributed by atoms with E-state index in [0.717, 1.165) is 16.0 Å². The third kappa shape index (κ3) is 5.53. The highest BCUT2D eigenvalue weighted by molar-refractivity contribution is 7.90. The van der Waals surface area contributed by atoms with Gasteiger partial charge in [-0.3, -0.25) is 14.4 Å². The van der Waals surface area contributed by atoms with Crippen LogP contribution < -0.4 is 9.64 Å². The lowest BCUT2D eigenvalue weighted by Gasteiger charge is -2.28. The third-order valence-corrected chi connectivity index (χ3v) is 8.44. The van der Waals surface area contributed by atoms with Crippen LogP contribution in [0.3, 0.4) is 0 Å². The Morgan fingerprint density at radius 1 is 1.02 bits per heavy atom. The average Bonchev–Trinajstić information content (AvgIpc) is 3.41. The lowest BCUT2D eigenvalue weighted by Crippen LogP contribution is -2.39. The Balaban J connectivity index is 1.61. The average molecular weight is 629 g/mol. The molecule has 3 aromatic carbocycles. The van der Waals surface area contributed by atoms with Crippen molar-refractivity contribution in [2.45, 2.75) is 17.5 Å². The molecule has 0 spiro atoms. The first kappa shape index (κ1) is 30.8. The number of carbonyl (C=O) groups excluding carboxylic acids is 2. The molecule has 0 bridgehead atoms. The number of hydrogen-bond acceptors (Lipinski definition) is 7. The summed E-state index contributed by atoms with van der Waals surface area (Å²) in [6.45, 7) is -0.0688. The highest BCUT2D eigenvalue weighted by Gasteiger charge is 2.44. The van der Waals surface area contributed by atoms with E-state index in [4.69, 9.17) is 9.57 Å². The summed E-state index contributed by atoms with van der Waals surface area (Å²) in [5, 5.41) is 4.70. The molecule has 1 aliphatic heterocycles. The van der Waals surface area contributed by atoms with E-state index in [2.05, 4.69) is 5.10 Å². The topological polar surface area (TPSA) is 111 Å². The SMILES string of the molecule is COc1ccc(-n2nc(C(F)(F)F)c3c2C(=O)N(c2ccc(-c4ccccc4S(C)(=O)=O)cc2)CC3)c(C(=O)N(C)OC)c1. The second-order valence-electron chi connectivity index (χ2n) is 9.98. The Hall–Kier alpha value is -4.69. The van der Waals surface area contributed by atoms with Crippen LogP contribution in [0.1, 0.15) is 32.1 Å². The van der Waals surface area contributed by atoms with Crippen molar-refractivity contribution in [3.8, 4) is 22.6 Å². The summed E-state index contributed by atoms with van der Waals surface area (Å²) >= 11 is 0. The summed E-state index contributed by atoms with van der Waals surface area (Å²) < 4.78 is 73.2. The summed E-state index contributed by atoms with van der Waals surface area (Å²) in [6, 6.07) is 17.1. The highest BCUT2D eigenvalue weighted by atomic mass is 32.2. The molecule has 0 radical (unpaired) electrons. The van der Waals surface area contributed by atoms with Crippen molar-refractivity contribution in [3.05, 3.63) is 89.2 Å². The molecular formula is C30H27F3N4O6S. The van der Waals surface area contributed by atoms with E-state index >= 15 is 0 Å². The molecule has 0 saturated heterocycles. The minimum absolute atomic E-state index is 0.0688. The maximum Gasteiger partial charge on any atom is 0.435 e. The lowest BCUT2D eigenvalue weighted by atomic mass is 10.0. The van der Waals surface area contributed by atoms with Crippen molar-refractivity contribution >= 4 is 27.3 Å². The van der Waals surface area contributed by atoms with Gasteiger partial charge >= 0.3 is 6.18 Å². The number of hydrogen-bond donors (Lipinski definition) is 0. The van der Waals surface area contributed by atoms with Crippen LogP contribution in [0.5, 0.6) is 5.75 Å². The summed E-state index contributed by atoms with van der Waals surface area (Å²) in [6.07, 6.45) is -3.92. The number of methoxy groups -OCH3 is 1. The van der Waals surface area contributed by atoms with Crippen LogP contribution in [0.4, 0.5) is 18.9 Å². The first-order valence-electron chi connectivity index (χ1n) is 13.2. The minimum Gasteiger partial charge on any atom is -0.497 e. The lowest BCUT2D eigenvalue weighted by molar-refractivity contribution is -0.141. The molecule has 0 N–H and O–H groups in total. The molecule has 14 heteroatoms. The third-order valence-electron chi connectivity index (χ3n) is 7.28. The maximum atomic E-state index is 14.2. The summed E-state index contributed by atoms with van der Waals surface area (Å²) in [4.78, 5) is 33.6. The van der Waals surface area contributed by atoms with E-state index < -0.39 is 33.5 Å². The summed E-state index contributed by atoms with van der Waals surface area (Å²) in [5.41, 5.74) is -0.593. The van der Waals surface area contributed by atoms with Gasteiger partial charge < -0.3 is 9.64 Å². The number of amides is 2. The molecule has 44 heavy (non-hydrogen) atoms. The van der Waals surface area contributed by atoms with Gasteiger partial charge in [-0.15, -0.1) is 0 Å². The van der Waals surface area contributed by atoms with E-state index in [0.29, 0.717) is 16.8 Å². The Morgan fingerprint density at radius 2 is 1.70 bits per heavy atom. The summed E-state index contributed by atoms with van der Waals surface area (Å²) in [5.74, 6) is -1.21. The van der Waals surface area contributed by atoms with Crippen LogP contribution in [0.15, 0.2) is 71.6 Å². The van der Waals surface area contributed by atoms with Gasteiger partial charge in [-0.25, -0.2) is 18.2 Å². The number of nitrogens with zero attached hydrogens (tertiary/aromatic N) is 4. The molecule has 2 amide bonds. The first-order valence-corrected chi connectivity index (χ1v) is 15.1. The van der Waals surface area contributed by atoms with Crippen molar-refractivity contribution in [2.24, 2.45) is 0 Å². The fraction of sp³-hybridized carbons (Fsp3) is 0.233. The highest BCUT2D eigenvalue weighted by Crippen LogP contribution is 2.38. The maximum absolute atomic E-state index is 14.2. The second-order valence-corrected chi connectivity index (χ2v) is 12.0. The van der Waals surface area contributed by atoms with Gasteiger partial charge in [0, 0.05) is 36.7 Å². The van der Waals surface area contributed by atoms with Crippen LogP contribution >= 0.6 is 0 Å². The number of aromatic nitrogens is 2. The quantitative estimate of drug-likeness (QED) is 0.270. The van der Waals surface area contributed by atoms with Gasteiger partial charge in [-0.1, -0.05) is 30.3 Å². The van der Waals surface area contributed by atoms with E-state index in [1.54, 1.807) is 42.5 Å². The van der Waals surface area contributed by atoms with Gasteiger partial charge in [-0.2, -0.15) is 18.3 Å². The van der Waals surface area contributed by atoms with Crippen LogP contribution in [0.25, 0.3) is 16.8 Å². The van der Waals surface area contributed by atoms with Crippen LogP contribution in [-0.2, 0) is 27.3 Å². The zero-order chi connectivity index (χ0) is 32.0. The molecule has 5 rings (SSSR count). The molecule has 4 aromatic rings. The van der Waals surface area contributed by atoms with Crippen molar-refractivity contribution < 1.29 is 40.8 Å². The van der Waals surface area contributed by atoms with Gasteiger partial charge in [0.1, 0.15) is 11.4 Å². The molecule has 2 heterocycles. The minimum atomic E-state index is -4.87. The number of sulfone groups is 1. The Labute approximate surface area is 251 Å². The van der Waals surface area contributed by atoms with E-state index in [-0.39, 0.29) is 46.1 Å². The molecule has 0 unspecified atom stereocenters. The molecule has 230 valence electrons. The molecular weight excluding hydrogens is 601 g/mol. The van der Waals surface area contributed by atoms with Gasteiger partial charge in [0.25, 0.3) is 11.8 Å². The van der Waals surface area contributed by atoms with Crippen molar-refractivity contribution in [3.63, 3.8) is 0 Å². The van der Waals surface area contributed by atoms with Crippen molar-refractivity contribution in [1.29, 1.82) is 0 Å². The van der Waals surface area contributed by atoms with E-state index in [1.807, 2.05) is 0 Å². The zero-order valence-corrected chi connectivity index (χ0v) is 24.9. The van der Waals surface area contributed by atoms with Gasteiger partial charge in [0.15, 0.2) is 15.5 Å². The fourth-order valence-electron chi connectivity index (χ4n) is 5.11. The molecule has 10 nitrogen and oxygen atoms in total. The Kier molecular flexibility index (Phi) is 7.99. The number of hydroxylamine groups is 2. The second kappa shape index (κ2) is 11.4. The summed E-state index contributed by atoms with van der Waals surface area (Å²) in [7, 11) is 0.424. The Morgan fingerprint density at radius 3 is 2.32 bits per heavy atom. The van der Waals surface area contributed by atoms with Gasteiger partial charge in [0.2, 0.25) is 0 Å². The number of fused-ring (bicyclic) bond motifs is 1. The van der Waals surface area contributed by atoms with E-state index in [1.165, 1.54) is 50.4 Å². The van der Waals surface area contributed by atoms with Gasteiger partial charge in [0.05, 0.1) is 30.4 Å². The zero-order valence-electron chi connectivity index (χ0n) is 24.0. The number of carbonyl (C=O) groups is 2. The van der Waals surface area contributed by atoms with Gasteiger partial charge in [-0.05, 0) is 48.4 Å².